The van der Waals surface area contributed by atoms with Gasteiger partial charge in [0.25, 0.3) is 0 Å². The lowest BCUT2D eigenvalue weighted by Crippen LogP contribution is -2.07. The van der Waals surface area contributed by atoms with Gasteiger partial charge in [-0.05, 0) is 20.8 Å². The highest BCUT2D eigenvalue weighted by Gasteiger charge is 2.10. The van der Waals surface area contributed by atoms with Gasteiger partial charge in [-0.15, -0.1) is 0 Å². The van der Waals surface area contributed by atoms with E-state index >= 15 is 0 Å². The molecule has 0 spiro atoms. The number of aryl methyl sites for hydroxylation is 3. The molecule has 2 aromatic heterocycles. The topological polar surface area (TPSA) is 67.7 Å². The molecular weight excluding hydrogens is 240 g/mol. The number of hydrogen-bond donors (Lipinski definition) is 2. The van der Waals surface area contributed by atoms with Crippen molar-refractivity contribution in [1.29, 1.82) is 0 Å². The lowest BCUT2D eigenvalue weighted by molar-refractivity contribution is 0.730. The Kier molecular flexibility index (Phi) is 3.69. The Morgan fingerprint density at radius 3 is 2.58 bits per heavy atom. The molecule has 0 radical (unpaired) electrons. The van der Waals surface area contributed by atoms with E-state index in [2.05, 4.69) is 32.6 Å². The summed E-state index contributed by atoms with van der Waals surface area (Å²) in [5.74, 6) is 1.47. The average molecular weight is 260 g/mol. The van der Waals surface area contributed by atoms with Gasteiger partial charge in [-0.25, -0.2) is 4.98 Å². The fraction of sp³-hybridized carbons (Fsp3) is 0.462. The van der Waals surface area contributed by atoms with Gasteiger partial charge in [0, 0.05) is 43.7 Å². The molecule has 102 valence electrons. The van der Waals surface area contributed by atoms with Gasteiger partial charge in [-0.3, -0.25) is 4.68 Å². The van der Waals surface area contributed by atoms with Crippen LogP contribution >= 0.6 is 0 Å². The highest BCUT2D eigenvalue weighted by molar-refractivity contribution is 5.47. The normalized spacial score (nSPS) is 10.6. The number of nitrogens with one attached hydrogen (secondary N) is 2. The van der Waals surface area contributed by atoms with Crippen LogP contribution in [-0.4, -0.2) is 26.8 Å². The molecule has 0 saturated heterocycles. The van der Waals surface area contributed by atoms with Crippen molar-refractivity contribution in [2.45, 2.75) is 27.3 Å². The van der Waals surface area contributed by atoms with E-state index in [1.165, 1.54) is 11.3 Å². The van der Waals surface area contributed by atoms with Crippen LogP contribution in [0.25, 0.3) is 0 Å². The number of hydrogen-bond acceptors (Lipinski definition) is 5. The van der Waals surface area contributed by atoms with E-state index in [9.17, 15) is 0 Å². The maximum atomic E-state index is 4.41. The van der Waals surface area contributed by atoms with Crippen molar-refractivity contribution >= 4 is 11.8 Å². The molecule has 0 aromatic carbocycles. The molecule has 0 fully saturated rings. The van der Waals surface area contributed by atoms with Crippen molar-refractivity contribution < 1.29 is 0 Å². The van der Waals surface area contributed by atoms with Crippen LogP contribution < -0.4 is 10.6 Å². The van der Waals surface area contributed by atoms with Crippen molar-refractivity contribution in [3.8, 4) is 0 Å². The van der Waals surface area contributed by atoms with E-state index in [4.69, 9.17) is 0 Å². The van der Waals surface area contributed by atoms with E-state index in [-0.39, 0.29) is 0 Å². The predicted molar refractivity (Wildman–Crippen MR) is 76.3 cm³/mol. The first kappa shape index (κ1) is 13.3. The summed E-state index contributed by atoms with van der Waals surface area (Å²) in [6.45, 7) is 6.80. The third-order valence-corrected chi connectivity index (χ3v) is 3.29. The van der Waals surface area contributed by atoms with Crippen LogP contribution in [0, 0.1) is 20.8 Å². The zero-order valence-corrected chi connectivity index (χ0v) is 12.1. The Balaban J connectivity index is 2.18. The molecule has 2 rings (SSSR count). The number of nitrogens with zero attached hydrogens (tertiary/aromatic N) is 4. The summed E-state index contributed by atoms with van der Waals surface area (Å²) in [4.78, 5) is 8.58. The van der Waals surface area contributed by atoms with Crippen LogP contribution in [0.2, 0.25) is 0 Å². The third kappa shape index (κ3) is 2.67. The summed E-state index contributed by atoms with van der Waals surface area (Å²) >= 11 is 0. The zero-order chi connectivity index (χ0) is 14.0. The van der Waals surface area contributed by atoms with Crippen LogP contribution in [0.3, 0.4) is 0 Å². The lowest BCUT2D eigenvalue weighted by atomic mass is 10.2. The second-order valence-electron chi connectivity index (χ2n) is 4.60. The Hall–Kier alpha value is -2.11. The van der Waals surface area contributed by atoms with E-state index in [0.717, 1.165) is 17.1 Å². The maximum absolute atomic E-state index is 4.41. The quantitative estimate of drug-likeness (QED) is 0.877. The van der Waals surface area contributed by atoms with Crippen molar-refractivity contribution in [3.63, 3.8) is 0 Å². The Morgan fingerprint density at radius 1 is 1.26 bits per heavy atom. The molecule has 0 bridgehead atoms. The number of anilines is 2. The largest absolute Gasteiger partial charge is 0.365 e. The smallest absolute Gasteiger partial charge is 0.224 e. The molecule has 19 heavy (non-hydrogen) atoms. The molecular formula is C13H20N6. The highest BCUT2D eigenvalue weighted by Crippen LogP contribution is 2.17. The summed E-state index contributed by atoms with van der Waals surface area (Å²) in [5.41, 5.74) is 4.46. The van der Waals surface area contributed by atoms with Gasteiger partial charge in [0.15, 0.2) is 0 Å². The van der Waals surface area contributed by atoms with Crippen LogP contribution in [0.1, 0.15) is 22.5 Å². The molecule has 0 amide bonds. The monoisotopic (exact) mass is 260 g/mol. The summed E-state index contributed by atoms with van der Waals surface area (Å²) in [6, 6.07) is 0. The minimum absolute atomic E-state index is 0.618. The summed E-state index contributed by atoms with van der Waals surface area (Å²) in [5, 5.41) is 10.7. The Morgan fingerprint density at radius 2 is 2.00 bits per heavy atom. The average Bonchev–Trinajstić information content (AvgIpc) is 2.63. The molecule has 0 unspecified atom stereocenters. The lowest BCUT2D eigenvalue weighted by Gasteiger charge is -2.10. The molecule has 0 atom stereocenters. The fourth-order valence-corrected chi connectivity index (χ4v) is 1.99. The fourth-order valence-electron chi connectivity index (χ4n) is 1.99. The van der Waals surface area contributed by atoms with Gasteiger partial charge in [-0.1, -0.05) is 0 Å². The molecule has 6 heteroatoms. The van der Waals surface area contributed by atoms with E-state index < -0.39 is 0 Å². The molecule has 0 aliphatic heterocycles. The Labute approximate surface area is 113 Å². The van der Waals surface area contributed by atoms with Crippen LogP contribution in [0.15, 0.2) is 6.20 Å². The molecule has 2 heterocycles. The van der Waals surface area contributed by atoms with Crippen LogP contribution in [0.4, 0.5) is 11.8 Å². The maximum Gasteiger partial charge on any atom is 0.224 e. The van der Waals surface area contributed by atoms with Crippen molar-refractivity contribution in [1.82, 2.24) is 19.7 Å². The van der Waals surface area contributed by atoms with Crippen LogP contribution in [-0.2, 0) is 13.6 Å². The summed E-state index contributed by atoms with van der Waals surface area (Å²) < 4.78 is 1.90. The van der Waals surface area contributed by atoms with Gasteiger partial charge in [0.05, 0.1) is 5.69 Å². The van der Waals surface area contributed by atoms with E-state index in [1.807, 2.05) is 38.8 Å². The molecule has 2 N–H and O–H groups in total. The second-order valence-corrected chi connectivity index (χ2v) is 4.60. The Bertz CT molecular complexity index is 587. The molecule has 0 aliphatic carbocycles. The van der Waals surface area contributed by atoms with Crippen molar-refractivity contribution in [3.05, 3.63) is 28.7 Å². The van der Waals surface area contributed by atoms with E-state index in [1.54, 1.807) is 0 Å². The zero-order valence-electron chi connectivity index (χ0n) is 12.1. The van der Waals surface area contributed by atoms with Gasteiger partial charge in [0.2, 0.25) is 5.95 Å². The molecule has 6 nitrogen and oxygen atoms in total. The van der Waals surface area contributed by atoms with Crippen LogP contribution in [0.5, 0.6) is 0 Å². The minimum Gasteiger partial charge on any atom is -0.365 e. The second kappa shape index (κ2) is 5.26. The first-order valence-electron chi connectivity index (χ1n) is 6.27. The molecule has 0 saturated carbocycles. The third-order valence-electron chi connectivity index (χ3n) is 3.29. The van der Waals surface area contributed by atoms with Crippen molar-refractivity contribution in [2.75, 3.05) is 17.7 Å². The minimum atomic E-state index is 0.618. The van der Waals surface area contributed by atoms with Gasteiger partial charge in [0.1, 0.15) is 5.82 Å². The standard InChI is InChI=1S/C13H20N6/c1-8-6-16-13(14-4)17-12(8)15-7-11-9(2)18-19(5)10(11)3/h6H,7H2,1-5H3,(H2,14,15,16,17). The number of rotatable bonds is 4. The SMILES string of the molecule is CNc1ncc(C)c(NCc2c(C)nn(C)c2C)n1. The molecule has 0 aliphatic rings. The van der Waals surface area contributed by atoms with E-state index in [0.29, 0.717) is 12.5 Å². The van der Waals surface area contributed by atoms with Crippen molar-refractivity contribution in [2.24, 2.45) is 7.05 Å². The number of aromatic nitrogens is 4. The van der Waals surface area contributed by atoms with Gasteiger partial charge >= 0.3 is 0 Å². The van der Waals surface area contributed by atoms with Gasteiger partial charge < -0.3 is 10.6 Å². The predicted octanol–water partition coefficient (Wildman–Crippen LogP) is 1.79. The molecule has 2 aromatic rings. The van der Waals surface area contributed by atoms with Gasteiger partial charge in [-0.2, -0.15) is 10.1 Å². The first-order valence-corrected chi connectivity index (χ1v) is 6.27. The summed E-state index contributed by atoms with van der Waals surface area (Å²) in [6.07, 6.45) is 1.81. The first-order chi connectivity index (χ1) is 9.02. The summed E-state index contributed by atoms with van der Waals surface area (Å²) in [7, 11) is 3.77. The highest BCUT2D eigenvalue weighted by atomic mass is 15.3.